The van der Waals surface area contributed by atoms with Crippen molar-refractivity contribution < 1.29 is 4.42 Å². The molecular formula is C9H5BrO2. The lowest BCUT2D eigenvalue weighted by molar-refractivity contribution is 0.561. The van der Waals surface area contributed by atoms with Gasteiger partial charge in [0.25, 0.3) is 0 Å². The van der Waals surface area contributed by atoms with E-state index in [1.54, 1.807) is 12.1 Å². The van der Waals surface area contributed by atoms with E-state index in [9.17, 15) is 4.79 Å². The van der Waals surface area contributed by atoms with Gasteiger partial charge in [-0.3, -0.25) is 0 Å². The summed E-state index contributed by atoms with van der Waals surface area (Å²) in [6, 6.07) is 8.65. The average Bonchev–Trinajstić information content (AvgIpc) is 2.04. The van der Waals surface area contributed by atoms with Crippen molar-refractivity contribution in [3.05, 3.63) is 45.2 Å². The third kappa shape index (κ3) is 1.16. The molecule has 0 fully saturated rings. The van der Waals surface area contributed by atoms with Crippen molar-refractivity contribution in [2.24, 2.45) is 0 Å². The number of fused-ring (bicyclic) bond motifs is 1. The summed E-state index contributed by atoms with van der Waals surface area (Å²) in [5.74, 6) is 0. The third-order valence-electron chi connectivity index (χ3n) is 1.61. The monoisotopic (exact) mass is 224 g/mol. The second-order valence-corrected chi connectivity index (χ2v) is 3.26. The van der Waals surface area contributed by atoms with Gasteiger partial charge < -0.3 is 4.42 Å². The minimum Gasteiger partial charge on any atom is -0.423 e. The van der Waals surface area contributed by atoms with Crippen molar-refractivity contribution in [3.8, 4) is 0 Å². The molecule has 0 unspecified atom stereocenters. The van der Waals surface area contributed by atoms with Crippen LogP contribution in [0.2, 0.25) is 0 Å². The van der Waals surface area contributed by atoms with Crippen molar-refractivity contribution >= 4 is 26.9 Å². The van der Waals surface area contributed by atoms with Gasteiger partial charge in [-0.15, -0.1) is 0 Å². The summed E-state index contributed by atoms with van der Waals surface area (Å²) in [5, 5.41) is 0.914. The van der Waals surface area contributed by atoms with E-state index in [0.29, 0.717) is 5.58 Å². The van der Waals surface area contributed by atoms with Crippen LogP contribution in [0.25, 0.3) is 11.0 Å². The third-order valence-corrected chi connectivity index (χ3v) is 2.30. The SMILES string of the molecule is O=c1ccc2c(Br)cccc2o1. The quantitative estimate of drug-likeness (QED) is 0.645. The molecule has 0 aliphatic heterocycles. The highest BCUT2D eigenvalue weighted by Crippen LogP contribution is 2.21. The number of halogens is 1. The molecule has 0 amide bonds. The average molecular weight is 225 g/mol. The number of hydrogen-bond acceptors (Lipinski definition) is 2. The minimum atomic E-state index is -0.319. The largest absolute Gasteiger partial charge is 0.423 e. The van der Waals surface area contributed by atoms with Crippen molar-refractivity contribution in [2.75, 3.05) is 0 Å². The molecule has 2 aromatic rings. The molecule has 0 saturated carbocycles. The van der Waals surface area contributed by atoms with E-state index in [1.165, 1.54) is 6.07 Å². The molecule has 0 spiro atoms. The van der Waals surface area contributed by atoms with Crippen LogP contribution in [0.1, 0.15) is 0 Å². The molecule has 0 aliphatic carbocycles. The Hall–Kier alpha value is -1.09. The molecule has 0 radical (unpaired) electrons. The van der Waals surface area contributed by atoms with Crippen LogP contribution in [-0.4, -0.2) is 0 Å². The van der Waals surface area contributed by atoms with E-state index in [2.05, 4.69) is 15.9 Å². The fourth-order valence-electron chi connectivity index (χ4n) is 1.06. The van der Waals surface area contributed by atoms with Crippen LogP contribution in [-0.2, 0) is 0 Å². The summed E-state index contributed by atoms with van der Waals surface area (Å²) in [5.41, 5.74) is 0.289. The Labute approximate surface area is 76.9 Å². The summed E-state index contributed by atoms with van der Waals surface area (Å²) in [7, 11) is 0. The Kier molecular flexibility index (Phi) is 1.73. The summed E-state index contributed by atoms with van der Waals surface area (Å²) in [6.07, 6.45) is 0. The fourth-order valence-corrected chi connectivity index (χ4v) is 1.54. The van der Waals surface area contributed by atoms with Crippen molar-refractivity contribution in [3.63, 3.8) is 0 Å². The van der Waals surface area contributed by atoms with E-state index in [-0.39, 0.29) is 5.63 Å². The van der Waals surface area contributed by atoms with Gasteiger partial charge in [0.2, 0.25) is 0 Å². The number of benzene rings is 1. The van der Waals surface area contributed by atoms with Crippen LogP contribution < -0.4 is 5.63 Å². The van der Waals surface area contributed by atoms with Gasteiger partial charge in [-0.05, 0) is 18.2 Å². The Morgan fingerprint density at radius 1 is 1.17 bits per heavy atom. The van der Waals surface area contributed by atoms with E-state index in [0.717, 1.165) is 9.86 Å². The first-order valence-electron chi connectivity index (χ1n) is 3.46. The topological polar surface area (TPSA) is 30.2 Å². The molecule has 0 N–H and O–H groups in total. The highest BCUT2D eigenvalue weighted by molar-refractivity contribution is 9.10. The predicted molar refractivity (Wildman–Crippen MR) is 50.2 cm³/mol. The molecule has 0 atom stereocenters. The van der Waals surface area contributed by atoms with Crippen LogP contribution in [0.3, 0.4) is 0 Å². The Balaban J connectivity index is 2.96. The summed E-state index contributed by atoms with van der Waals surface area (Å²) < 4.78 is 5.89. The van der Waals surface area contributed by atoms with Crippen molar-refractivity contribution in [1.29, 1.82) is 0 Å². The highest BCUT2D eigenvalue weighted by atomic mass is 79.9. The summed E-state index contributed by atoms with van der Waals surface area (Å²) >= 11 is 3.36. The molecule has 1 aromatic heterocycles. The first-order valence-corrected chi connectivity index (χ1v) is 4.25. The maximum Gasteiger partial charge on any atom is 0.336 e. The van der Waals surface area contributed by atoms with Gasteiger partial charge in [-0.25, -0.2) is 4.79 Å². The molecule has 1 aromatic carbocycles. The summed E-state index contributed by atoms with van der Waals surface area (Å²) in [4.78, 5) is 10.8. The maximum absolute atomic E-state index is 10.8. The Morgan fingerprint density at radius 3 is 2.83 bits per heavy atom. The lowest BCUT2D eigenvalue weighted by atomic mass is 10.2. The fraction of sp³-hybridized carbons (Fsp3) is 0. The zero-order chi connectivity index (χ0) is 8.55. The minimum absolute atomic E-state index is 0.319. The second kappa shape index (κ2) is 2.75. The molecule has 2 rings (SSSR count). The molecule has 0 saturated heterocycles. The van der Waals surface area contributed by atoms with E-state index in [1.807, 2.05) is 12.1 Å². The smallest absolute Gasteiger partial charge is 0.336 e. The molecule has 3 heteroatoms. The molecule has 1 heterocycles. The standard InChI is InChI=1S/C9H5BrO2/c10-7-2-1-3-8-6(7)4-5-9(11)12-8/h1-5H. The molecule has 2 nitrogen and oxygen atoms in total. The van der Waals surface area contributed by atoms with Crippen LogP contribution in [0.4, 0.5) is 0 Å². The van der Waals surface area contributed by atoms with Gasteiger partial charge in [0.1, 0.15) is 5.58 Å². The van der Waals surface area contributed by atoms with Crippen LogP contribution in [0.15, 0.2) is 44.0 Å². The van der Waals surface area contributed by atoms with Gasteiger partial charge in [-0.1, -0.05) is 22.0 Å². The zero-order valence-corrected chi connectivity index (χ0v) is 7.67. The van der Waals surface area contributed by atoms with Crippen LogP contribution in [0.5, 0.6) is 0 Å². The lowest BCUT2D eigenvalue weighted by Crippen LogP contribution is -1.93. The molecular weight excluding hydrogens is 220 g/mol. The van der Waals surface area contributed by atoms with Gasteiger partial charge >= 0.3 is 5.63 Å². The maximum atomic E-state index is 10.8. The first kappa shape index (κ1) is 7.55. The predicted octanol–water partition coefficient (Wildman–Crippen LogP) is 2.56. The Bertz CT molecular complexity index is 473. The number of hydrogen-bond donors (Lipinski definition) is 0. The second-order valence-electron chi connectivity index (χ2n) is 2.41. The van der Waals surface area contributed by atoms with Gasteiger partial charge in [0.15, 0.2) is 0 Å². The zero-order valence-electron chi connectivity index (χ0n) is 6.08. The van der Waals surface area contributed by atoms with Gasteiger partial charge in [-0.2, -0.15) is 0 Å². The van der Waals surface area contributed by atoms with Crippen LogP contribution >= 0.6 is 15.9 Å². The molecule has 60 valence electrons. The normalized spacial score (nSPS) is 10.4. The van der Waals surface area contributed by atoms with Crippen molar-refractivity contribution in [2.45, 2.75) is 0 Å². The lowest BCUT2D eigenvalue weighted by Gasteiger charge is -1.96. The van der Waals surface area contributed by atoms with Gasteiger partial charge in [0.05, 0.1) is 0 Å². The molecule has 0 aliphatic rings. The Morgan fingerprint density at radius 2 is 2.00 bits per heavy atom. The highest BCUT2D eigenvalue weighted by Gasteiger charge is 1.98. The van der Waals surface area contributed by atoms with E-state index >= 15 is 0 Å². The van der Waals surface area contributed by atoms with Crippen LogP contribution in [0, 0.1) is 0 Å². The number of rotatable bonds is 0. The summed E-state index contributed by atoms with van der Waals surface area (Å²) in [6.45, 7) is 0. The van der Waals surface area contributed by atoms with Crippen molar-refractivity contribution in [1.82, 2.24) is 0 Å². The van der Waals surface area contributed by atoms with Gasteiger partial charge in [0, 0.05) is 15.9 Å². The van der Waals surface area contributed by atoms with E-state index in [4.69, 9.17) is 4.42 Å². The first-order chi connectivity index (χ1) is 5.77. The molecule has 0 bridgehead atoms. The molecule has 12 heavy (non-hydrogen) atoms. The van der Waals surface area contributed by atoms with E-state index < -0.39 is 0 Å².